The first-order valence-corrected chi connectivity index (χ1v) is 5.32. The predicted molar refractivity (Wildman–Crippen MR) is 59.7 cm³/mol. The second-order valence-electron chi connectivity index (χ2n) is 3.40. The number of halogens is 1. The summed E-state index contributed by atoms with van der Waals surface area (Å²) >= 11 is 4.09. The molecule has 78 valence electrons. The smallest absolute Gasteiger partial charge is 0.165 e. The first-order valence-electron chi connectivity index (χ1n) is 4.69. The quantitative estimate of drug-likeness (QED) is 0.758. The lowest BCUT2D eigenvalue weighted by Crippen LogP contribution is -2.07. The molecule has 0 saturated heterocycles. The standard InChI is InChI=1S/C11H15FOS/c1-8(2)13-11-4-3-9(5-6-14)7-10(11)12/h3-4,7-8,14H,5-6H2,1-2H3. The third-order valence-electron chi connectivity index (χ3n) is 1.76. The zero-order chi connectivity index (χ0) is 10.6. The van der Waals surface area contributed by atoms with Gasteiger partial charge in [0.25, 0.3) is 0 Å². The molecule has 0 N–H and O–H groups in total. The Morgan fingerprint density at radius 1 is 1.43 bits per heavy atom. The predicted octanol–water partition coefficient (Wildman–Crippen LogP) is 3.09. The van der Waals surface area contributed by atoms with Gasteiger partial charge in [-0.25, -0.2) is 4.39 Å². The van der Waals surface area contributed by atoms with Gasteiger partial charge in [0.1, 0.15) is 0 Å². The van der Waals surface area contributed by atoms with Crippen molar-refractivity contribution in [2.24, 2.45) is 0 Å². The normalized spacial score (nSPS) is 10.6. The maximum absolute atomic E-state index is 13.4. The summed E-state index contributed by atoms with van der Waals surface area (Å²) in [6.45, 7) is 3.75. The fourth-order valence-electron chi connectivity index (χ4n) is 1.18. The van der Waals surface area contributed by atoms with Gasteiger partial charge in [-0.2, -0.15) is 12.6 Å². The largest absolute Gasteiger partial charge is 0.488 e. The number of aryl methyl sites for hydroxylation is 1. The van der Waals surface area contributed by atoms with Gasteiger partial charge < -0.3 is 4.74 Å². The summed E-state index contributed by atoms with van der Waals surface area (Å²) in [6, 6.07) is 5.05. The van der Waals surface area contributed by atoms with Gasteiger partial charge in [-0.05, 0) is 43.7 Å². The van der Waals surface area contributed by atoms with Crippen LogP contribution in [0.25, 0.3) is 0 Å². The van der Waals surface area contributed by atoms with Crippen molar-refractivity contribution >= 4 is 12.6 Å². The molecular weight excluding hydrogens is 199 g/mol. The van der Waals surface area contributed by atoms with Crippen molar-refractivity contribution in [3.05, 3.63) is 29.6 Å². The molecule has 0 saturated carbocycles. The summed E-state index contributed by atoms with van der Waals surface area (Å²) in [5.74, 6) is 0.755. The average Bonchev–Trinajstić information content (AvgIpc) is 2.10. The zero-order valence-corrected chi connectivity index (χ0v) is 9.35. The Morgan fingerprint density at radius 2 is 2.14 bits per heavy atom. The molecule has 0 atom stereocenters. The summed E-state index contributed by atoms with van der Waals surface area (Å²) in [5.41, 5.74) is 0.952. The minimum atomic E-state index is -0.294. The maximum atomic E-state index is 13.4. The van der Waals surface area contributed by atoms with E-state index in [0.29, 0.717) is 5.75 Å². The molecule has 3 heteroatoms. The van der Waals surface area contributed by atoms with Crippen LogP contribution in [0.5, 0.6) is 5.75 Å². The van der Waals surface area contributed by atoms with Gasteiger partial charge in [0.2, 0.25) is 0 Å². The first kappa shape index (κ1) is 11.4. The van der Waals surface area contributed by atoms with Crippen LogP contribution in [-0.2, 0) is 6.42 Å². The molecule has 0 amide bonds. The lowest BCUT2D eigenvalue weighted by Gasteiger charge is -2.11. The van der Waals surface area contributed by atoms with Gasteiger partial charge in [-0.3, -0.25) is 0 Å². The molecule has 0 aromatic heterocycles. The lowest BCUT2D eigenvalue weighted by molar-refractivity contribution is 0.231. The zero-order valence-electron chi connectivity index (χ0n) is 8.46. The molecule has 14 heavy (non-hydrogen) atoms. The van der Waals surface area contributed by atoms with Crippen LogP contribution in [-0.4, -0.2) is 11.9 Å². The lowest BCUT2D eigenvalue weighted by atomic mass is 10.1. The third-order valence-corrected chi connectivity index (χ3v) is 1.98. The molecule has 0 aliphatic rings. The summed E-state index contributed by atoms with van der Waals surface area (Å²) in [5, 5.41) is 0. The highest BCUT2D eigenvalue weighted by molar-refractivity contribution is 7.80. The van der Waals surface area contributed by atoms with Crippen molar-refractivity contribution in [1.29, 1.82) is 0 Å². The van der Waals surface area contributed by atoms with E-state index in [1.807, 2.05) is 19.9 Å². The SMILES string of the molecule is CC(C)Oc1ccc(CCS)cc1F. The van der Waals surface area contributed by atoms with Crippen molar-refractivity contribution in [1.82, 2.24) is 0 Å². The van der Waals surface area contributed by atoms with E-state index in [1.165, 1.54) is 6.07 Å². The van der Waals surface area contributed by atoms with Gasteiger partial charge in [0.15, 0.2) is 11.6 Å². The second kappa shape index (κ2) is 5.25. The van der Waals surface area contributed by atoms with E-state index < -0.39 is 0 Å². The molecule has 0 aliphatic heterocycles. The van der Waals surface area contributed by atoms with E-state index in [4.69, 9.17) is 4.74 Å². The van der Waals surface area contributed by atoms with E-state index in [1.54, 1.807) is 6.07 Å². The van der Waals surface area contributed by atoms with Gasteiger partial charge in [-0.15, -0.1) is 0 Å². The highest BCUT2D eigenvalue weighted by Crippen LogP contribution is 2.19. The number of benzene rings is 1. The van der Waals surface area contributed by atoms with E-state index in [9.17, 15) is 4.39 Å². The topological polar surface area (TPSA) is 9.23 Å². The van der Waals surface area contributed by atoms with Gasteiger partial charge in [0.05, 0.1) is 6.10 Å². The number of thiol groups is 1. The van der Waals surface area contributed by atoms with E-state index in [0.717, 1.165) is 17.7 Å². The molecule has 1 nitrogen and oxygen atoms in total. The Hall–Kier alpha value is -0.700. The highest BCUT2D eigenvalue weighted by Gasteiger charge is 2.05. The summed E-state index contributed by atoms with van der Waals surface area (Å²) in [7, 11) is 0. The number of hydrogen-bond acceptors (Lipinski definition) is 2. The molecule has 1 rings (SSSR count). The third kappa shape index (κ3) is 3.22. The van der Waals surface area contributed by atoms with Crippen molar-refractivity contribution in [3.63, 3.8) is 0 Å². The molecule has 1 aromatic rings. The van der Waals surface area contributed by atoms with Gasteiger partial charge >= 0.3 is 0 Å². The van der Waals surface area contributed by atoms with Gasteiger partial charge in [0, 0.05) is 0 Å². The highest BCUT2D eigenvalue weighted by atomic mass is 32.1. The summed E-state index contributed by atoms with van der Waals surface area (Å²) in [4.78, 5) is 0. The molecule has 1 aromatic carbocycles. The van der Waals surface area contributed by atoms with E-state index in [-0.39, 0.29) is 11.9 Å². The van der Waals surface area contributed by atoms with Crippen molar-refractivity contribution in [2.45, 2.75) is 26.4 Å². The van der Waals surface area contributed by atoms with E-state index in [2.05, 4.69) is 12.6 Å². The van der Waals surface area contributed by atoms with Crippen LogP contribution in [0.15, 0.2) is 18.2 Å². The second-order valence-corrected chi connectivity index (χ2v) is 3.85. The molecule has 0 bridgehead atoms. The maximum Gasteiger partial charge on any atom is 0.165 e. The summed E-state index contributed by atoms with van der Waals surface area (Å²) in [6.07, 6.45) is 0.780. The Morgan fingerprint density at radius 3 is 2.64 bits per heavy atom. The average molecular weight is 214 g/mol. The molecule has 0 unspecified atom stereocenters. The number of hydrogen-bond donors (Lipinski definition) is 1. The monoisotopic (exact) mass is 214 g/mol. The number of rotatable bonds is 4. The Labute approximate surface area is 89.7 Å². The number of ether oxygens (including phenoxy) is 1. The molecule has 0 spiro atoms. The molecule has 0 radical (unpaired) electrons. The minimum Gasteiger partial charge on any atom is -0.488 e. The van der Waals surface area contributed by atoms with Crippen LogP contribution in [0.3, 0.4) is 0 Å². The van der Waals surface area contributed by atoms with Crippen LogP contribution in [0.2, 0.25) is 0 Å². The molecule has 0 heterocycles. The van der Waals surface area contributed by atoms with Crippen LogP contribution < -0.4 is 4.74 Å². The fraction of sp³-hybridized carbons (Fsp3) is 0.455. The van der Waals surface area contributed by atoms with E-state index >= 15 is 0 Å². The Balaban J connectivity index is 2.79. The first-order chi connectivity index (χ1) is 6.63. The van der Waals surface area contributed by atoms with Crippen LogP contribution in [0.4, 0.5) is 4.39 Å². The van der Waals surface area contributed by atoms with Crippen LogP contribution in [0.1, 0.15) is 19.4 Å². The van der Waals surface area contributed by atoms with Crippen LogP contribution >= 0.6 is 12.6 Å². The molecule has 0 aliphatic carbocycles. The minimum absolute atomic E-state index is 0.000212. The Kier molecular flexibility index (Phi) is 4.26. The van der Waals surface area contributed by atoms with Crippen molar-refractivity contribution in [2.75, 3.05) is 5.75 Å². The fourth-order valence-corrected chi connectivity index (χ4v) is 1.44. The Bertz CT molecular complexity index is 299. The molecule has 0 fully saturated rings. The van der Waals surface area contributed by atoms with Gasteiger partial charge in [-0.1, -0.05) is 6.07 Å². The molecular formula is C11H15FOS. The van der Waals surface area contributed by atoms with Crippen molar-refractivity contribution < 1.29 is 9.13 Å². The van der Waals surface area contributed by atoms with Crippen molar-refractivity contribution in [3.8, 4) is 5.75 Å². The van der Waals surface area contributed by atoms with Crippen LogP contribution in [0, 0.1) is 5.82 Å². The summed E-state index contributed by atoms with van der Waals surface area (Å²) < 4.78 is 18.7.